The first-order valence-corrected chi connectivity index (χ1v) is 9.55. The molecule has 1 saturated carbocycles. The highest BCUT2D eigenvalue weighted by Gasteiger charge is 2.33. The average molecular weight is 348 g/mol. The summed E-state index contributed by atoms with van der Waals surface area (Å²) in [6, 6.07) is 7.25. The fourth-order valence-electron chi connectivity index (χ4n) is 4.42. The van der Waals surface area contributed by atoms with Gasteiger partial charge in [0.2, 0.25) is 0 Å². The molecule has 5 nitrogen and oxygen atoms in total. The zero-order valence-electron chi connectivity index (χ0n) is 15.6. The number of aliphatic hydroxyl groups excluding tert-OH is 1. The van der Waals surface area contributed by atoms with E-state index in [4.69, 9.17) is 9.47 Å². The predicted octanol–water partition coefficient (Wildman–Crippen LogP) is 2.52. The van der Waals surface area contributed by atoms with Crippen molar-refractivity contribution in [3.63, 3.8) is 0 Å². The number of ether oxygens (including phenoxy) is 2. The number of aliphatic hydroxyl groups is 1. The molecule has 2 fully saturated rings. The van der Waals surface area contributed by atoms with Gasteiger partial charge in [-0.15, -0.1) is 0 Å². The van der Waals surface area contributed by atoms with Crippen LogP contribution in [0.1, 0.15) is 37.7 Å². The molecule has 1 atom stereocenters. The Bertz CT molecular complexity index is 546. The van der Waals surface area contributed by atoms with Crippen LogP contribution in [-0.4, -0.2) is 67.5 Å². The lowest BCUT2D eigenvalue weighted by Crippen LogP contribution is -2.56. The van der Waals surface area contributed by atoms with Gasteiger partial charge in [0, 0.05) is 56.5 Å². The van der Waals surface area contributed by atoms with Crippen LogP contribution in [0.15, 0.2) is 18.2 Å². The van der Waals surface area contributed by atoms with E-state index in [0.29, 0.717) is 6.04 Å². The van der Waals surface area contributed by atoms with Gasteiger partial charge in [-0.25, -0.2) is 0 Å². The third-order valence-electron chi connectivity index (χ3n) is 5.76. The lowest BCUT2D eigenvalue weighted by Gasteiger charge is -2.44. The lowest BCUT2D eigenvalue weighted by atomic mass is 10.0. The highest BCUT2D eigenvalue weighted by Crippen LogP contribution is 2.30. The van der Waals surface area contributed by atoms with E-state index in [-0.39, 0.29) is 6.61 Å². The summed E-state index contributed by atoms with van der Waals surface area (Å²) in [5.41, 5.74) is 1.19. The number of piperazine rings is 1. The van der Waals surface area contributed by atoms with Crippen LogP contribution >= 0.6 is 0 Å². The summed E-state index contributed by atoms with van der Waals surface area (Å²) in [5.74, 6) is 1.71. The molecule has 0 amide bonds. The molecule has 0 aromatic heterocycles. The molecular formula is C20H32N2O3. The quantitative estimate of drug-likeness (QED) is 0.820. The Morgan fingerprint density at radius 3 is 2.60 bits per heavy atom. The summed E-state index contributed by atoms with van der Waals surface area (Å²) < 4.78 is 10.8. The molecule has 2 aliphatic rings. The molecule has 1 aromatic rings. The van der Waals surface area contributed by atoms with E-state index < -0.39 is 0 Å². The lowest BCUT2D eigenvalue weighted by molar-refractivity contribution is 0.0265. The summed E-state index contributed by atoms with van der Waals surface area (Å²) >= 11 is 0. The van der Waals surface area contributed by atoms with Gasteiger partial charge in [0.25, 0.3) is 0 Å². The summed E-state index contributed by atoms with van der Waals surface area (Å²) in [4.78, 5) is 5.17. The topological polar surface area (TPSA) is 45.2 Å². The maximum Gasteiger partial charge on any atom is 0.127 e. The van der Waals surface area contributed by atoms with Crippen LogP contribution in [0.3, 0.4) is 0 Å². The SMILES string of the molecule is COc1ccc(CN2CCN(C3CCCC3)[C@H](CCO)C2)c(OC)c1. The van der Waals surface area contributed by atoms with Gasteiger partial charge >= 0.3 is 0 Å². The molecule has 1 heterocycles. The van der Waals surface area contributed by atoms with E-state index in [1.165, 1.54) is 31.2 Å². The van der Waals surface area contributed by atoms with Crippen molar-refractivity contribution in [2.24, 2.45) is 0 Å². The van der Waals surface area contributed by atoms with Gasteiger partial charge in [0.15, 0.2) is 0 Å². The van der Waals surface area contributed by atoms with Crippen LogP contribution in [0.25, 0.3) is 0 Å². The van der Waals surface area contributed by atoms with Gasteiger partial charge in [-0.3, -0.25) is 9.80 Å². The molecule has 140 valence electrons. The van der Waals surface area contributed by atoms with Crippen LogP contribution < -0.4 is 9.47 Å². The number of benzene rings is 1. The maximum absolute atomic E-state index is 9.52. The molecule has 0 unspecified atom stereocenters. The highest BCUT2D eigenvalue weighted by atomic mass is 16.5. The van der Waals surface area contributed by atoms with Gasteiger partial charge in [0.05, 0.1) is 14.2 Å². The fourth-order valence-corrected chi connectivity index (χ4v) is 4.42. The van der Waals surface area contributed by atoms with Gasteiger partial charge in [-0.2, -0.15) is 0 Å². The normalized spacial score (nSPS) is 23.1. The van der Waals surface area contributed by atoms with Gasteiger partial charge in [0.1, 0.15) is 11.5 Å². The molecule has 0 radical (unpaired) electrons. The molecule has 0 spiro atoms. The number of methoxy groups -OCH3 is 2. The zero-order chi connectivity index (χ0) is 17.6. The van der Waals surface area contributed by atoms with E-state index in [1.807, 2.05) is 12.1 Å². The minimum atomic E-state index is 0.271. The van der Waals surface area contributed by atoms with Crippen LogP contribution in [-0.2, 0) is 6.54 Å². The van der Waals surface area contributed by atoms with Crippen molar-refractivity contribution in [2.75, 3.05) is 40.5 Å². The predicted molar refractivity (Wildman–Crippen MR) is 99.3 cm³/mol. The van der Waals surface area contributed by atoms with Crippen molar-refractivity contribution >= 4 is 0 Å². The monoisotopic (exact) mass is 348 g/mol. The Balaban J connectivity index is 1.66. The molecule has 1 aliphatic carbocycles. The summed E-state index contributed by atoms with van der Waals surface area (Å²) in [7, 11) is 3.39. The van der Waals surface area contributed by atoms with E-state index in [9.17, 15) is 5.11 Å². The Labute approximate surface area is 151 Å². The number of hydrogen-bond acceptors (Lipinski definition) is 5. The van der Waals surface area contributed by atoms with Crippen LogP contribution in [0.5, 0.6) is 11.5 Å². The first-order valence-electron chi connectivity index (χ1n) is 9.55. The third kappa shape index (κ3) is 4.46. The van der Waals surface area contributed by atoms with E-state index >= 15 is 0 Å². The van der Waals surface area contributed by atoms with Crippen LogP contribution in [0.4, 0.5) is 0 Å². The smallest absolute Gasteiger partial charge is 0.127 e. The van der Waals surface area contributed by atoms with Crippen LogP contribution in [0, 0.1) is 0 Å². The minimum Gasteiger partial charge on any atom is -0.497 e. The Hall–Kier alpha value is -1.30. The van der Waals surface area contributed by atoms with Crippen molar-refractivity contribution in [3.8, 4) is 11.5 Å². The summed E-state index contributed by atoms with van der Waals surface area (Å²) in [6.45, 7) is 4.36. The van der Waals surface area contributed by atoms with Crippen molar-refractivity contribution in [2.45, 2.75) is 50.7 Å². The van der Waals surface area contributed by atoms with E-state index in [1.54, 1.807) is 14.2 Å². The zero-order valence-corrected chi connectivity index (χ0v) is 15.6. The Morgan fingerprint density at radius 1 is 1.12 bits per heavy atom. The Kier molecular flexibility index (Phi) is 6.57. The number of hydrogen-bond donors (Lipinski definition) is 1. The summed E-state index contributed by atoms with van der Waals surface area (Å²) in [5, 5.41) is 9.52. The van der Waals surface area contributed by atoms with Gasteiger partial charge in [-0.05, 0) is 25.3 Å². The molecule has 1 N–H and O–H groups in total. The van der Waals surface area contributed by atoms with Gasteiger partial charge < -0.3 is 14.6 Å². The second-order valence-corrected chi connectivity index (χ2v) is 7.26. The molecule has 1 saturated heterocycles. The average Bonchev–Trinajstić information content (AvgIpc) is 3.17. The van der Waals surface area contributed by atoms with E-state index in [2.05, 4.69) is 15.9 Å². The minimum absolute atomic E-state index is 0.271. The molecule has 5 heteroatoms. The van der Waals surface area contributed by atoms with Crippen molar-refractivity contribution in [3.05, 3.63) is 23.8 Å². The molecular weight excluding hydrogens is 316 g/mol. The highest BCUT2D eigenvalue weighted by molar-refractivity contribution is 5.40. The maximum atomic E-state index is 9.52. The van der Waals surface area contributed by atoms with Crippen LogP contribution in [0.2, 0.25) is 0 Å². The third-order valence-corrected chi connectivity index (χ3v) is 5.76. The Morgan fingerprint density at radius 2 is 1.92 bits per heavy atom. The van der Waals surface area contributed by atoms with Crippen molar-refractivity contribution in [1.29, 1.82) is 0 Å². The molecule has 3 rings (SSSR count). The fraction of sp³-hybridized carbons (Fsp3) is 0.700. The van der Waals surface area contributed by atoms with Crippen molar-refractivity contribution in [1.82, 2.24) is 9.80 Å². The summed E-state index contributed by atoms with van der Waals surface area (Å²) in [6.07, 6.45) is 6.24. The molecule has 1 aliphatic heterocycles. The molecule has 0 bridgehead atoms. The second kappa shape index (κ2) is 8.88. The largest absolute Gasteiger partial charge is 0.497 e. The first-order chi connectivity index (χ1) is 12.2. The van der Waals surface area contributed by atoms with E-state index in [0.717, 1.165) is 50.1 Å². The molecule has 1 aromatic carbocycles. The number of nitrogens with zero attached hydrogens (tertiary/aromatic N) is 2. The van der Waals surface area contributed by atoms with Crippen molar-refractivity contribution < 1.29 is 14.6 Å². The molecule has 25 heavy (non-hydrogen) atoms. The van der Waals surface area contributed by atoms with Gasteiger partial charge in [-0.1, -0.05) is 18.9 Å². The second-order valence-electron chi connectivity index (χ2n) is 7.26. The first kappa shape index (κ1) is 18.5. The number of rotatable bonds is 7. The standard InChI is InChI=1S/C20H32N2O3/c1-24-19-8-7-16(20(13-19)25-2)14-21-10-11-22(17-5-3-4-6-17)18(15-21)9-12-23/h7-8,13,17-18,23H,3-6,9-12,14-15H2,1-2H3/t18-/m1/s1.